The second kappa shape index (κ2) is 5.49. The summed E-state index contributed by atoms with van der Waals surface area (Å²) in [6.45, 7) is 2.55. The molecule has 2 aliphatic rings. The Morgan fingerprint density at radius 3 is 2.59 bits per heavy atom. The van der Waals surface area contributed by atoms with Crippen LogP contribution in [0.1, 0.15) is 25.7 Å². The van der Waals surface area contributed by atoms with E-state index in [4.69, 9.17) is 9.84 Å². The van der Waals surface area contributed by atoms with Crippen LogP contribution in [0.15, 0.2) is 0 Å². The van der Waals surface area contributed by atoms with Crippen molar-refractivity contribution in [2.24, 2.45) is 11.8 Å². The Balaban J connectivity index is 2.00. The van der Waals surface area contributed by atoms with Crippen molar-refractivity contribution < 1.29 is 19.4 Å². The number of aliphatic carboxylic acids is 1. The quantitative estimate of drug-likeness (QED) is 0.774. The molecule has 17 heavy (non-hydrogen) atoms. The Bertz CT molecular complexity index is 297. The summed E-state index contributed by atoms with van der Waals surface area (Å²) >= 11 is 0. The van der Waals surface area contributed by atoms with Crippen LogP contribution in [0, 0.1) is 11.8 Å². The first-order valence-corrected chi connectivity index (χ1v) is 6.29. The summed E-state index contributed by atoms with van der Waals surface area (Å²) < 4.78 is 5.30. The van der Waals surface area contributed by atoms with E-state index in [0.29, 0.717) is 39.1 Å². The van der Waals surface area contributed by atoms with Crippen LogP contribution in [0.25, 0.3) is 0 Å². The molecular formula is C12H19NO4. The molecule has 1 saturated heterocycles. The second-order valence-corrected chi connectivity index (χ2v) is 4.77. The van der Waals surface area contributed by atoms with Gasteiger partial charge in [-0.3, -0.25) is 9.59 Å². The molecule has 0 aromatic rings. The number of carbonyl (C=O) groups excluding carboxylic acids is 1. The van der Waals surface area contributed by atoms with Gasteiger partial charge >= 0.3 is 5.97 Å². The lowest BCUT2D eigenvalue weighted by Crippen LogP contribution is -2.40. The van der Waals surface area contributed by atoms with E-state index < -0.39 is 11.9 Å². The number of carbonyl (C=O) groups is 2. The summed E-state index contributed by atoms with van der Waals surface area (Å²) in [7, 11) is 0. The van der Waals surface area contributed by atoms with Crippen LogP contribution < -0.4 is 0 Å². The molecule has 1 aliphatic carbocycles. The SMILES string of the molecule is O=C(O)C1CCCC1C(=O)N1CCCOCC1. The lowest BCUT2D eigenvalue weighted by Gasteiger charge is -2.25. The highest BCUT2D eigenvalue weighted by molar-refractivity contribution is 5.85. The van der Waals surface area contributed by atoms with Crippen LogP contribution in [0.4, 0.5) is 0 Å². The average Bonchev–Trinajstić information content (AvgIpc) is 2.64. The van der Waals surface area contributed by atoms with E-state index >= 15 is 0 Å². The standard InChI is InChI=1S/C12H19NO4/c14-11(13-5-2-7-17-8-6-13)9-3-1-4-10(9)12(15)16/h9-10H,1-8H2,(H,15,16). The van der Waals surface area contributed by atoms with Crippen molar-refractivity contribution in [3.8, 4) is 0 Å². The fraction of sp³-hybridized carbons (Fsp3) is 0.833. The van der Waals surface area contributed by atoms with Gasteiger partial charge in [-0.15, -0.1) is 0 Å². The second-order valence-electron chi connectivity index (χ2n) is 4.77. The lowest BCUT2D eigenvalue weighted by molar-refractivity contribution is -0.149. The molecule has 2 fully saturated rings. The Hall–Kier alpha value is -1.10. The van der Waals surface area contributed by atoms with Gasteiger partial charge in [-0.2, -0.15) is 0 Å². The van der Waals surface area contributed by atoms with Crippen LogP contribution >= 0.6 is 0 Å². The minimum atomic E-state index is -0.827. The summed E-state index contributed by atoms with van der Waals surface area (Å²) in [4.78, 5) is 25.1. The van der Waals surface area contributed by atoms with E-state index in [0.717, 1.165) is 12.8 Å². The van der Waals surface area contributed by atoms with Gasteiger partial charge in [0.25, 0.3) is 0 Å². The molecule has 1 amide bonds. The van der Waals surface area contributed by atoms with Gasteiger partial charge in [-0.05, 0) is 19.3 Å². The molecule has 0 aromatic carbocycles. The topological polar surface area (TPSA) is 66.8 Å². The van der Waals surface area contributed by atoms with Gasteiger partial charge in [0.15, 0.2) is 0 Å². The third-order valence-electron chi connectivity index (χ3n) is 3.68. The highest BCUT2D eigenvalue weighted by atomic mass is 16.5. The molecule has 2 atom stereocenters. The highest BCUT2D eigenvalue weighted by Gasteiger charge is 2.39. The summed E-state index contributed by atoms with van der Waals surface area (Å²) in [6.07, 6.45) is 3.04. The maximum Gasteiger partial charge on any atom is 0.307 e. The molecule has 1 N–H and O–H groups in total. The zero-order valence-corrected chi connectivity index (χ0v) is 9.93. The van der Waals surface area contributed by atoms with Gasteiger partial charge in [0.2, 0.25) is 5.91 Å². The fourth-order valence-corrected chi connectivity index (χ4v) is 2.75. The van der Waals surface area contributed by atoms with E-state index in [-0.39, 0.29) is 11.8 Å². The monoisotopic (exact) mass is 241 g/mol. The number of carboxylic acids is 1. The molecule has 96 valence electrons. The predicted molar refractivity (Wildman–Crippen MR) is 60.5 cm³/mol. The maximum absolute atomic E-state index is 12.3. The first kappa shape index (κ1) is 12.4. The van der Waals surface area contributed by atoms with Crippen molar-refractivity contribution >= 4 is 11.9 Å². The minimum Gasteiger partial charge on any atom is -0.481 e. The minimum absolute atomic E-state index is 0.0143. The van der Waals surface area contributed by atoms with Crippen molar-refractivity contribution in [3.05, 3.63) is 0 Å². The zero-order chi connectivity index (χ0) is 12.3. The third kappa shape index (κ3) is 2.77. The van der Waals surface area contributed by atoms with Gasteiger partial charge in [0.1, 0.15) is 0 Å². The van der Waals surface area contributed by atoms with Gasteiger partial charge in [-0.1, -0.05) is 6.42 Å². The third-order valence-corrected chi connectivity index (χ3v) is 3.68. The number of ether oxygens (including phenoxy) is 1. The Kier molecular flexibility index (Phi) is 3.99. The van der Waals surface area contributed by atoms with E-state index in [9.17, 15) is 9.59 Å². The number of carboxylic acid groups (broad SMARTS) is 1. The van der Waals surface area contributed by atoms with Crippen LogP contribution in [-0.4, -0.2) is 48.2 Å². The molecule has 0 bridgehead atoms. The molecule has 2 unspecified atom stereocenters. The fourth-order valence-electron chi connectivity index (χ4n) is 2.75. The molecule has 0 spiro atoms. The maximum atomic E-state index is 12.3. The molecule has 1 heterocycles. The van der Waals surface area contributed by atoms with Crippen molar-refractivity contribution in [2.75, 3.05) is 26.3 Å². The largest absolute Gasteiger partial charge is 0.481 e. The molecule has 0 aromatic heterocycles. The summed E-state index contributed by atoms with van der Waals surface area (Å²) in [5.41, 5.74) is 0. The first-order valence-electron chi connectivity index (χ1n) is 6.29. The smallest absolute Gasteiger partial charge is 0.307 e. The van der Waals surface area contributed by atoms with Crippen molar-refractivity contribution in [1.82, 2.24) is 4.90 Å². The molecule has 5 nitrogen and oxygen atoms in total. The van der Waals surface area contributed by atoms with Crippen LogP contribution in [0.5, 0.6) is 0 Å². The predicted octanol–water partition coefficient (Wildman–Crippen LogP) is 0.736. The zero-order valence-electron chi connectivity index (χ0n) is 9.93. The summed E-state index contributed by atoms with van der Waals surface area (Å²) in [5, 5.41) is 9.09. The van der Waals surface area contributed by atoms with Gasteiger partial charge in [-0.25, -0.2) is 0 Å². The van der Waals surface area contributed by atoms with E-state index in [1.165, 1.54) is 0 Å². The van der Waals surface area contributed by atoms with Crippen LogP contribution in [-0.2, 0) is 14.3 Å². The molecule has 1 aliphatic heterocycles. The van der Waals surface area contributed by atoms with E-state index in [2.05, 4.69) is 0 Å². The Labute approximate surface area is 101 Å². The molecule has 1 saturated carbocycles. The van der Waals surface area contributed by atoms with Crippen molar-refractivity contribution in [3.63, 3.8) is 0 Å². The number of hydrogen-bond donors (Lipinski definition) is 1. The van der Waals surface area contributed by atoms with Crippen molar-refractivity contribution in [1.29, 1.82) is 0 Å². The average molecular weight is 241 g/mol. The van der Waals surface area contributed by atoms with Gasteiger partial charge in [0.05, 0.1) is 18.4 Å². The number of rotatable bonds is 2. The van der Waals surface area contributed by atoms with E-state index in [1.54, 1.807) is 4.90 Å². The summed E-state index contributed by atoms with van der Waals surface area (Å²) in [6, 6.07) is 0. The Morgan fingerprint density at radius 2 is 1.82 bits per heavy atom. The first-order chi connectivity index (χ1) is 8.20. The van der Waals surface area contributed by atoms with Crippen molar-refractivity contribution in [2.45, 2.75) is 25.7 Å². The molecule has 0 radical (unpaired) electrons. The normalized spacial score (nSPS) is 30.0. The number of hydrogen-bond acceptors (Lipinski definition) is 3. The molecule has 5 heteroatoms. The highest BCUT2D eigenvalue weighted by Crippen LogP contribution is 2.33. The Morgan fingerprint density at radius 1 is 1.06 bits per heavy atom. The van der Waals surface area contributed by atoms with Crippen LogP contribution in [0.3, 0.4) is 0 Å². The van der Waals surface area contributed by atoms with Gasteiger partial charge in [0, 0.05) is 19.7 Å². The number of amides is 1. The lowest BCUT2D eigenvalue weighted by atomic mass is 9.94. The van der Waals surface area contributed by atoms with E-state index in [1.807, 2.05) is 0 Å². The van der Waals surface area contributed by atoms with Gasteiger partial charge < -0.3 is 14.7 Å². The molecular weight excluding hydrogens is 222 g/mol. The number of nitrogens with zero attached hydrogens (tertiary/aromatic N) is 1. The summed E-state index contributed by atoms with van der Waals surface area (Å²) in [5.74, 6) is -1.61. The molecule has 2 rings (SSSR count). The van der Waals surface area contributed by atoms with Crippen LogP contribution in [0.2, 0.25) is 0 Å².